The van der Waals surface area contributed by atoms with Gasteiger partial charge >= 0.3 is 0 Å². The van der Waals surface area contributed by atoms with E-state index in [1.807, 2.05) is 18.2 Å². The molecule has 0 heterocycles. The first-order valence-electron chi connectivity index (χ1n) is 3.82. The minimum absolute atomic E-state index is 0.220. The standard InChI is InChI=1S/C9H12N2O/c1-8(10)7-11(12)9-5-3-2-4-6-9/h2-8H,10H2,1H3/b11-7-. The molecule has 0 fully saturated rings. The van der Waals surface area contributed by atoms with E-state index in [1.54, 1.807) is 19.1 Å². The second-order valence-corrected chi connectivity index (χ2v) is 2.67. The van der Waals surface area contributed by atoms with Gasteiger partial charge in [-0.25, -0.2) is 0 Å². The molecule has 0 aliphatic heterocycles. The molecule has 1 aromatic carbocycles. The molecule has 0 aliphatic carbocycles. The number of para-hydroxylation sites is 1. The van der Waals surface area contributed by atoms with Crippen LogP contribution in [0.1, 0.15) is 6.92 Å². The number of nitrogens with zero attached hydrogens (tertiary/aromatic N) is 1. The monoisotopic (exact) mass is 164 g/mol. The first kappa shape index (κ1) is 8.74. The minimum Gasteiger partial charge on any atom is -0.618 e. The highest BCUT2D eigenvalue weighted by atomic mass is 16.5. The van der Waals surface area contributed by atoms with Gasteiger partial charge in [0.25, 0.3) is 0 Å². The predicted octanol–water partition coefficient (Wildman–Crippen LogP) is 1.25. The van der Waals surface area contributed by atoms with Crippen LogP contribution < -0.4 is 5.73 Å². The Kier molecular flexibility index (Phi) is 2.82. The van der Waals surface area contributed by atoms with Gasteiger partial charge < -0.3 is 10.9 Å². The average Bonchev–Trinajstić information content (AvgIpc) is 2.05. The zero-order valence-corrected chi connectivity index (χ0v) is 6.97. The molecule has 1 aromatic rings. The van der Waals surface area contributed by atoms with Gasteiger partial charge in [0.2, 0.25) is 5.69 Å². The van der Waals surface area contributed by atoms with Gasteiger partial charge in [0.05, 0.1) is 6.04 Å². The lowest BCUT2D eigenvalue weighted by Crippen LogP contribution is -2.20. The van der Waals surface area contributed by atoms with Crippen molar-refractivity contribution in [2.24, 2.45) is 5.73 Å². The van der Waals surface area contributed by atoms with Gasteiger partial charge in [-0.2, -0.15) is 4.74 Å². The molecule has 64 valence electrons. The van der Waals surface area contributed by atoms with Crippen molar-refractivity contribution in [3.8, 4) is 0 Å². The molecule has 12 heavy (non-hydrogen) atoms. The summed E-state index contributed by atoms with van der Waals surface area (Å²) in [5.41, 5.74) is 6.04. The molecule has 2 N–H and O–H groups in total. The molecule has 0 saturated carbocycles. The Labute approximate surface area is 71.7 Å². The second kappa shape index (κ2) is 3.88. The van der Waals surface area contributed by atoms with E-state index in [1.165, 1.54) is 6.21 Å². The summed E-state index contributed by atoms with van der Waals surface area (Å²) in [6.45, 7) is 1.76. The summed E-state index contributed by atoms with van der Waals surface area (Å²) >= 11 is 0. The predicted molar refractivity (Wildman–Crippen MR) is 49.4 cm³/mol. The molecule has 0 bridgehead atoms. The Morgan fingerprint density at radius 3 is 2.50 bits per heavy atom. The Morgan fingerprint density at radius 2 is 2.00 bits per heavy atom. The first-order chi connectivity index (χ1) is 5.70. The van der Waals surface area contributed by atoms with E-state index in [2.05, 4.69) is 0 Å². The molecule has 0 radical (unpaired) electrons. The van der Waals surface area contributed by atoms with Crippen LogP contribution in [0.3, 0.4) is 0 Å². The van der Waals surface area contributed by atoms with Crippen LogP contribution in [-0.4, -0.2) is 17.0 Å². The highest BCUT2D eigenvalue weighted by Crippen LogP contribution is 2.07. The molecule has 3 heteroatoms. The van der Waals surface area contributed by atoms with Crippen LogP contribution in [0, 0.1) is 5.21 Å². The number of rotatable bonds is 2. The summed E-state index contributed by atoms with van der Waals surface area (Å²) in [7, 11) is 0. The van der Waals surface area contributed by atoms with Gasteiger partial charge in [-0.3, -0.25) is 0 Å². The Balaban J connectivity index is 2.85. The average molecular weight is 164 g/mol. The van der Waals surface area contributed by atoms with Gasteiger partial charge in [-0.15, -0.1) is 0 Å². The fourth-order valence-corrected chi connectivity index (χ4v) is 0.875. The second-order valence-electron chi connectivity index (χ2n) is 2.67. The maximum Gasteiger partial charge on any atom is 0.216 e. The highest BCUT2D eigenvalue weighted by molar-refractivity contribution is 5.59. The third kappa shape index (κ3) is 2.36. The first-order valence-corrected chi connectivity index (χ1v) is 3.82. The summed E-state index contributed by atoms with van der Waals surface area (Å²) in [5, 5.41) is 11.2. The fraction of sp³-hybridized carbons (Fsp3) is 0.222. The molecule has 0 spiro atoms. The van der Waals surface area contributed by atoms with E-state index < -0.39 is 0 Å². The molecule has 0 aliphatic rings. The Hall–Kier alpha value is -1.35. The lowest BCUT2D eigenvalue weighted by atomic mass is 10.3. The topological polar surface area (TPSA) is 52.1 Å². The molecule has 0 amide bonds. The third-order valence-electron chi connectivity index (χ3n) is 1.38. The molecule has 1 atom stereocenters. The summed E-state index contributed by atoms with van der Waals surface area (Å²) in [6, 6.07) is 8.76. The normalized spacial score (nSPS) is 14.3. The maximum atomic E-state index is 11.2. The van der Waals surface area contributed by atoms with Gasteiger partial charge in [0.1, 0.15) is 0 Å². The summed E-state index contributed by atoms with van der Waals surface area (Å²) in [6.07, 6.45) is 1.43. The fourth-order valence-electron chi connectivity index (χ4n) is 0.875. The minimum atomic E-state index is -0.220. The van der Waals surface area contributed by atoms with E-state index in [-0.39, 0.29) is 6.04 Å². The van der Waals surface area contributed by atoms with Crippen molar-refractivity contribution in [2.75, 3.05) is 0 Å². The van der Waals surface area contributed by atoms with Crippen molar-refractivity contribution in [3.05, 3.63) is 35.5 Å². The third-order valence-corrected chi connectivity index (χ3v) is 1.38. The van der Waals surface area contributed by atoms with Crippen LogP contribution in [0.15, 0.2) is 30.3 Å². The molecular weight excluding hydrogens is 152 g/mol. The van der Waals surface area contributed by atoms with Crippen molar-refractivity contribution in [2.45, 2.75) is 13.0 Å². The van der Waals surface area contributed by atoms with E-state index in [0.29, 0.717) is 5.69 Å². The smallest absolute Gasteiger partial charge is 0.216 e. The number of nitrogens with two attached hydrogens (primary N) is 1. The van der Waals surface area contributed by atoms with Crippen molar-refractivity contribution in [3.63, 3.8) is 0 Å². The zero-order chi connectivity index (χ0) is 8.97. The van der Waals surface area contributed by atoms with Crippen LogP contribution in [-0.2, 0) is 0 Å². The quantitative estimate of drug-likeness (QED) is 0.309. The molecule has 1 unspecified atom stereocenters. The lowest BCUT2D eigenvalue weighted by Gasteiger charge is -2.03. The van der Waals surface area contributed by atoms with Gasteiger partial charge in [-0.1, -0.05) is 18.2 Å². The SMILES string of the molecule is CC(N)/C=[N+](\[O-])c1ccccc1. The van der Waals surface area contributed by atoms with Crippen LogP contribution >= 0.6 is 0 Å². The summed E-state index contributed by atoms with van der Waals surface area (Å²) < 4.78 is 0.782. The largest absolute Gasteiger partial charge is 0.618 e. The van der Waals surface area contributed by atoms with E-state index in [0.717, 1.165) is 4.74 Å². The summed E-state index contributed by atoms with van der Waals surface area (Å²) in [4.78, 5) is 0. The number of benzene rings is 1. The van der Waals surface area contributed by atoms with E-state index in [4.69, 9.17) is 5.73 Å². The van der Waals surface area contributed by atoms with E-state index >= 15 is 0 Å². The van der Waals surface area contributed by atoms with Gasteiger partial charge in [-0.05, 0) is 6.92 Å². The zero-order valence-electron chi connectivity index (χ0n) is 6.97. The van der Waals surface area contributed by atoms with Crippen LogP contribution in [0.4, 0.5) is 5.69 Å². The van der Waals surface area contributed by atoms with Crippen LogP contribution in [0.2, 0.25) is 0 Å². The van der Waals surface area contributed by atoms with Crippen molar-refractivity contribution >= 4 is 11.9 Å². The molecule has 1 rings (SSSR count). The van der Waals surface area contributed by atoms with Gasteiger partial charge in [0.15, 0.2) is 6.21 Å². The van der Waals surface area contributed by atoms with Crippen molar-refractivity contribution < 1.29 is 4.74 Å². The lowest BCUT2D eigenvalue weighted by molar-refractivity contribution is -0.356. The van der Waals surface area contributed by atoms with Gasteiger partial charge in [0, 0.05) is 12.1 Å². The van der Waals surface area contributed by atoms with E-state index in [9.17, 15) is 5.21 Å². The number of hydrogen-bond donors (Lipinski definition) is 1. The van der Waals surface area contributed by atoms with Crippen molar-refractivity contribution in [1.82, 2.24) is 0 Å². The Bertz CT molecular complexity index is 267. The highest BCUT2D eigenvalue weighted by Gasteiger charge is 1.99. The van der Waals surface area contributed by atoms with Crippen LogP contribution in [0.5, 0.6) is 0 Å². The molecule has 3 nitrogen and oxygen atoms in total. The summed E-state index contributed by atoms with van der Waals surface area (Å²) in [5.74, 6) is 0. The molecule has 0 aromatic heterocycles. The van der Waals surface area contributed by atoms with Crippen molar-refractivity contribution in [1.29, 1.82) is 0 Å². The molecular formula is C9H12N2O. The van der Waals surface area contributed by atoms with Crippen LogP contribution in [0.25, 0.3) is 0 Å². The maximum absolute atomic E-state index is 11.2. The number of hydrogen-bond acceptors (Lipinski definition) is 2. The molecule has 0 saturated heterocycles. The Morgan fingerprint density at radius 1 is 1.42 bits per heavy atom.